The fraction of sp³-hybridized carbons (Fsp3) is 0.257. The van der Waals surface area contributed by atoms with E-state index in [1.165, 1.54) is 35.2 Å². The molecule has 0 radical (unpaired) electrons. The van der Waals surface area contributed by atoms with Crippen LogP contribution in [-0.2, 0) is 32.6 Å². The third-order valence-corrected chi connectivity index (χ3v) is 10.4. The molecule has 46 heavy (non-hydrogen) atoms. The van der Waals surface area contributed by atoms with E-state index in [9.17, 15) is 18.0 Å². The minimum Gasteiger partial charge on any atom is -0.352 e. The Morgan fingerprint density at radius 1 is 0.826 bits per heavy atom. The first-order valence-electron chi connectivity index (χ1n) is 14.8. The van der Waals surface area contributed by atoms with Crippen LogP contribution in [0, 0.1) is 6.92 Å². The number of sulfonamides is 1. The van der Waals surface area contributed by atoms with E-state index in [2.05, 4.69) is 5.32 Å². The maximum absolute atomic E-state index is 14.5. The van der Waals surface area contributed by atoms with Gasteiger partial charge in [0.15, 0.2) is 0 Å². The highest BCUT2D eigenvalue weighted by Gasteiger charge is 2.35. The Labute approximate surface area is 286 Å². The Morgan fingerprint density at radius 2 is 1.48 bits per heavy atom. The molecule has 4 aromatic rings. The van der Waals surface area contributed by atoms with E-state index in [1.54, 1.807) is 36.4 Å². The fourth-order valence-electron chi connectivity index (χ4n) is 4.79. The zero-order chi connectivity index (χ0) is 33.4. The zero-order valence-electron chi connectivity index (χ0n) is 25.8. The first-order chi connectivity index (χ1) is 21.9. The van der Waals surface area contributed by atoms with Crippen molar-refractivity contribution in [3.8, 4) is 0 Å². The Bertz CT molecular complexity index is 1750. The second-order valence-electron chi connectivity index (χ2n) is 11.1. The number of anilines is 1. The van der Waals surface area contributed by atoms with Crippen LogP contribution in [0.1, 0.15) is 37.0 Å². The molecule has 0 unspecified atom stereocenters. The number of benzene rings is 4. The van der Waals surface area contributed by atoms with E-state index in [0.717, 1.165) is 21.0 Å². The van der Waals surface area contributed by atoms with Gasteiger partial charge in [-0.1, -0.05) is 102 Å². The molecule has 4 aromatic carbocycles. The van der Waals surface area contributed by atoms with Gasteiger partial charge in [0.25, 0.3) is 10.0 Å². The van der Waals surface area contributed by atoms with E-state index in [-0.39, 0.29) is 45.5 Å². The third-order valence-electron chi connectivity index (χ3n) is 7.62. The summed E-state index contributed by atoms with van der Waals surface area (Å²) < 4.78 is 29.3. The van der Waals surface area contributed by atoms with Crippen LogP contribution in [0.2, 0.25) is 15.1 Å². The largest absolute Gasteiger partial charge is 0.352 e. The molecule has 4 rings (SSSR count). The molecule has 11 heteroatoms. The average molecular weight is 701 g/mol. The molecule has 0 saturated heterocycles. The first kappa shape index (κ1) is 35.3. The van der Waals surface area contributed by atoms with Crippen LogP contribution in [-0.4, -0.2) is 43.8 Å². The molecule has 0 saturated carbocycles. The monoisotopic (exact) mass is 699 g/mol. The first-order valence-corrected chi connectivity index (χ1v) is 17.4. The quantitative estimate of drug-likeness (QED) is 0.155. The van der Waals surface area contributed by atoms with Gasteiger partial charge in [0.1, 0.15) is 12.6 Å². The highest BCUT2D eigenvalue weighted by molar-refractivity contribution is 7.92. The van der Waals surface area contributed by atoms with Gasteiger partial charge in [-0.25, -0.2) is 8.42 Å². The Kier molecular flexibility index (Phi) is 12.1. The van der Waals surface area contributed by atoms with Crippen molar-refractivity contribution < 1.29 is 18.0 Å². The molecule has 242 valence electrons. The number of amides is 2. The van der Waals surface area contributed by atoms with Crippen molar-refractivity contribution in [2.45, 2.75) is 57.1 Å². The summed E-state index contributed by atoms with van der Waals surface area (Å²) in [6, 6.07) is 25.9. The van der Waals surface area contributed by atoms with Crippen LogP contribution in [0.25, 0.3) is 0 Å². The maximum Gasteiger partial charge on any atom is 0.264 e. The smallest absolute Gasteiger partial charge is 0.264 e. The molecule has 0 spiro atoms. The summed E-state index contributed by atoms with van der Waals surface area (Å²) in [4.78, 5) is 29.9. The van der Waals surface area contributed by atoms with Crippen molar-refractivity contribution in [2.75, 3.05) is 10.8 Å². The van der Waals surface area contributed by atoms with Gasteiger partial charge >= 0.3 is 0 Å². The summed E-state index contributed by atoms with van der Waals surface area (Å²) in [6.07, 6.45) is 0.898. The van der Waals surface area contributed by atoms with Crippen LogP contribution in [0.5, 0.6) is 0 Å². The predicted molar refractivity (Wildman–Crippen MR) is 186 cm³/mol. The van der Waals surface area contributed by atoms with Crippen molar-refractivity contribution in [3.63, 3.8) is 0 Å². The van der Waals surface area contributed by atoms with Gasteiger partial charge < -0.3 is 10.2 Å². The van der Waals surface area contributed by atoms with E-state index in [4.69, 9.17) is 34.8 Å². The summed E-state index contributed by atoms with van der Waals surface area (Å²) in [6.45, 7) is 5.12. The fourth-order valence-corrected chi connectivity index (χ4v) is 6.61. The lowest BCUT2D eigenvalue weighted by Crippen LogP contribution is -2.54. The molecule has 0 heterocycles. The molecule has 1 N–H and O–H groups in total. The van der Waals surface area contributed by atoms with E-state index in [0.29, 0.717) is 11.4 Å². The predicted octanol–water partition coefficient (Wildman–Crippen LogP) is 7.71. The number of aryl methyl sites for hydroxylation is 1. The number of nitrogens with zero attached hydrogens (tertiary/aromatic N) is 2. The topological polar surface area (TPSA) is 86.8 Å². The molecule has 7 nitrogen and oxygen atoms in total. The molecule has 0 aliphatic heterocycles. The second kappa shape index (κ2) is 15.8. The van der Waals surface area contributed by atoms with Crippen molar-refractivity contribution >= 4 is 62.3 Å². The lowest BCUT2D eigenvalue weighted by Gasteiger charge is -2.34. The number of rotatable bonds is 13. The number of halogens is 3. The molecule has 0 aromatic heterocycles. The van der Waals surface area contributed by atoms with E-state index < -0.39 is 28.5 Å². The lowest BCUT2D eigenvalue weighted by molar-refractivity contribution is -0.140. The Hall–Kier alpha value is -3.56. The minimum absolute atomic E-state index is 0.00317. The Morgan fingerprint density at radius 3 is 2.09 bits per heavy atom. The third kappa shape index (κ3) is 9.04. The van der Waals surface area contributed by atoms with Gasteiger partial charge in [-0.05, 0) is 73.9 Å². The van der Waals surface area contributed by atoms with Crippen LogP contribution < -0.4 is 9.62 Å². The molecule has 0 aliphatic rings. The number of nitrogens with one attached hydrogen (secondary N) is 1. The summed E-state index contributed by atoms with van der Waals surface area (Å²) in [5, 5.41) is 3.91. The number of hydrogen-bond donors (Lipinski definition) is 1. The summed E-state index contributed by atoms with van der Waals surface area (Å²) in [7, 11) is -4.27. The van der Waals surface area contributed by atoms with Crippen molar-refractivity contribution in [1.82, 2.24) is 10.2 Å². The molecule has 0 aliphatic carbocycles. The average Bonchev–Trinajstić information content (AvgIpc) is 3.04. The van der Waals surface area contributed by atoms with Crippen molar-refractivity contribution in [1.29, 1.82) is 0 Å². The summed E-state index contributed by atoms with van der Waals surface area (Å²) >= 11 is 18.6. The standard InChI is InChI=1S/C35H36Cl3N3O4S/c1-4-25(3)39-35(43)33(20-26-8-6-5-7-9-26)40(22-27-12-14-28(36)15-13-27)34(42)23-41(29-16-19-31(37)32(38)21-29)46(44,45)30-17-10-24(2)11-18-30/h5-19,21,25,33H,4,20,22-23H2,1-3H3,(H,39,43)/t25-,33+/m0/s1. The molecule has 0 bridgehead atoms. The van der Waals surface area contributed by atoms with Gasteiger partial charge in [0.2, 0.25) is 11.8 Å². The van der Waals surface area contributed by atoms with Crippen molar-refractivity contribution in [2.24, 2.45) is 0 Å². The molecular weight excluding hydrogens is 665 g/mol. The van der Waals surface area contributed by atoms with Crippen LogP contribution in [0.15, 0.2) is 102 Å². The molecule has 2 atom stereocenters. The highest BCUT2D eigenvalue weighted by atomic mass is 35.5. The summed E-state index contributed by atoms with van der Waals surface area (Å²) in [5.74, 6) is -0.931. The van der Waals surface area contributed by atoms with E-state index in [1.807, 2.05) is 51.1 Å². The van der Waals surface area contributed by atoms with Gasteiger partial charge in [-0.3, -0.25) is 13.9 Å². The van der Waals surface area contributed by atoms with Gasteiger partial charge in [0, 0.05) is 24.0 Å². The van der Waals surface area contributed by atoms with E-state index >= 15 is 0 Å². The van der Waals surface area contributed by atoms with Crippen LogP contribution in [0.4, 0.5) is 5.69 Å². The number of carbonyl (C=O) groups excluding carboxylic acids is 2. The van der Waals surface area contributed by atoms with Crippen molar-refractivity contribution in [3.05, 3.63) is 129 Å². The molecule has 0 fully saturated rings. The normalized spacial score (nSPS) is 12.7. The zero-order valence-corrected chi connectivity index (χ0v) is 28.9. The summed E-state index contributed by atoms with van der Waals surface area (Å²) in [5.41, 5.74) is 2.59. The Balaban J connectivity index is 1.82. The lowest BCUT2D eigenvalue weighted by atomic mass is 10.0. The minimum atomic E-state index is -4.27. The van der Waals surface area contributed by atoms with Gasteiger partial charge in [-0.15, -0.1) is 0 Å². The van der Waals surface area contributed by atoms with Crippen LogP contribution >= 0.6 is 34.8 Å². The maximum atomic E-state index is 14.5. The number of carbonyl (C=O) groups is 2. The highest BCUT2D eigenvalue weighted by Crippen LogP contribution is 2.31. The van der Waals surface area contributed by atoms with Gasteiger partial charge in [-0.2, -0.15) is 0 Å². The van der Waals surface area contributed by atoms with Crippen LogP contribution in [0.3, 0.4) is 0 Å². The van der Waals surface area contributed by atoms with Gasteiger partial charge in [0.05, 0.1) is 20.6 Å². The molecule has 2 amide bonds. The number of hydrogen-bond acceptors (Lipinski definition) is 4. The SMILES string of the molecule is CC[C@H](C)NC(=O)[C@@H](Cc1ccccc1)N(Cc1ccc(Cl)cc1)C(=O)CN(c1ccc(Cl)c(Cl)c1)S(=O)(=O)c1ccc(C)cc1. The molecular formula is C35H36Cl3N3O4S. The second-order valence-corrected chi connectivity index (χ2v) is 14.2.